The van der Waals surface area contributed by atoms with Crippen LogP contribution in [0, 0.1) is 0 Å². The van der Waals surface area contributed by atoms with Gasteiger partial charge in [-0.05, 0) is 37.3 Å². The summed E-state index contributed by atoms with van der Waals surface area (Å²) in [6.45, 7) is 2.64. The van der Waals surface area contributed by atoms with Gasteiger partial charge in [-0.2, -0.15) is 5.10 Å². The van der Waals surface area contributed by atoms with Crippen molar-refractivity contribution in [3.05, 3.63) is 48.0 Å². The van der Waals surface area contributed by atoms with E-state index in [1.165, 1.54) is 11.8 Å². The van der Waals surface area contributed by atoms with Crippen molar-refractivity contribution in [2.45, 2.75) is 18.6 Å². The topological polar surface area (TPSA) is 99.9 Å². The van der Waals surface area contributed by atoms with Gasteiger partial charge in [0, 0.05) is 17.7 Å². The fourth-order valence-electron chi connectivity index (χ4n) is 2.98. The van der Waals surface area contributed by atoms with Gasteiger partial charge in [0.25, 0.3) is 5.91 Å². The Morgan fingerprint density at radius 2 is 1.81 bits per heavy atom. The molecule has 1 N–H and O–H groups in total. The first-order chi connectivity index (χ1) is 15.6. The van der Waals surface area contributed by atoms with Crippen LogP contribution < -0.4 is 19.6 Å². The minimum absolute atomic E-state index is 0.146. The molecule has 0 fully saturated rings. The van der Waals surface area contributed by atoms with E-state index in [1.807, 2.05) is 54.0 Å². The summed E-state index contributed by atoms with van der Waals surface area (Å²) >= 11 is 1.29. The molecule has 168 valence electrons. The Balaban J connectivity index is 1.65. The van der Waals surface area contributed by atoms with Crippen molar-refractivity contribution in [1.82, 2.24) is 20.2 Å². The van der Waals surface area contributed by atoms with E-state index in [2.05, 4.69) is 20.7 Å². The van der Waals surface area contributed by atoms with Crippen LogP contribution in [0.3, 0.4) is 0 Å². The number of carbonyl (C=O) groups is 1. The van der Waals surface area contributed by atoms with Gasteiger partial charge in [0.15, 0.2) is 22.5 Å². The Bertz CT molecular complexity index is 1100. The van der Waals surface area contributed by atoms with Crippen molar-refractivity contribution in [3.63, 3.8) is 0 Å². The highest BCUT2D eigenvalue weighted by atomic mass is 32.2. The number of hydrazone groups is 1. The maximum atomic E-state index is 12.2. The van der Waals surface area contributed by atoms with Gasteiger partial charge < -0.3 is 18.8 Å². The van der Waals surface area contributed by atoms with Gasteiger partial charge >= 0.3 is 0 Å². The van der Waals surface area contributed by atoms with E-state index in [1.54, 1.807) is 27.5 Å². The molecule has 0 spiro atoms. The number of carbonyl (C=O) groups excluding carboxylic acids is 1. The van der Waals surface area contributed by atoms with E-state index in [0.29, 0.717) is 34.8 Å². The number of rotatable bonds is 10. The Morgan fingerprint density at radius 3 is 2.53 bits per heavy atom. The number of thioether (sulfide) groups is 1. The third-order valence-electron chi connectivity index (χ3n) is 4.54. The molecular weight excluding hydrogens is 430 g/mol. The van der Waals surface area contributed by atoms with Crippen molar-refractivity contribution in [3.8, 4) is 28.6 Å². The van der Waals surface area contributed by atoms with Gasteiger partial charge in [0.1, 0.15) is 5.75 Å². The van der Waals surface area contributed by atoms with Gasteiger partial charge in [-0.25, -0.2) is 5.43 Å². The molecule has 0 aliphatic carbocycles. The zero-order valence-electron chi connectivity index (χ0n) is 18.4. The first-order valence-corrected chi connectivity index (χ1v) is 10.8. The second kappa shape index (κ2) is 11.2. The number of nitrogens with one attached hydrogen (secondary N) is 1. The van der Waals surface area contributed by atoms with Gasteiger partial charge in [-0.3, -0.25) is 4.79 Å². The van der Waals surface area contributed by atoms with Gasteiger partial charge in [0.2, 0.25) is 0 Å². The van der Waals surface area contributed by atoms with Gasteiger partial charge in [-0.1, -0.05) is 23.9 Å². The fraction of sp³-hybridized carbons (Fsp3) is 0.273. The SMILES string of the molecule is CCn1c(SCC(=O)N/N=C/c2ccccc2OC)nnc1-c1ccc(OC)c(OC)c1. The molecule has 32 heavy (non-hydrogen) atoms. The number of benzene rings is 2. The molecule has 0 radical (unpaired) electrons. The number of amides is 1. The summed E-state index contributed by atoms with van der Waals surface area (Å²) in [4.78, 5) is 12.2. The third kappa shape index (κ3) is 5.38. The lowest BCUT2D eigenvalue weighted by atomic mass is 10.2. The number of aromatic nitrogens is 3. The Kier molecular flexibility index (Phi) is 8.09. The highest BCUT2D eigenvalue weighted by Crippen LogP contribution is 2.32. The van der Waals surface area contributed by atoms with Gasteiger partial charge in [-0.15, -0.1) is 10.2 Å². The van der Waals surface area contributed by atoms with Crippen molar-refractivity contribution in [1.29, 1.82) is 0 Å². The Hall–Kier alpha value is -3.53. The van der Waals surface area contributed by atoms with Crippen LogP contribution >= 0.6 is 11.8 Å². The Morgan fingerprint density at radius 1 is 1.06 bits per heavy atom. The maximum Gasteiger partial charge on any atom is 0.250 e. The summed E-state index contributed by atoms with van der Waals surface area (Å²) in [6.07, 6.45) is 1.55. The lowest BCUT2D eigenvalue weighted by molar-refractivity contribution is -0.118. The highest BCUT2D eigenvalue weighted by molar-refractivity contribution is 7.99. The lowest BCUT2D eigenvalue weighted by Gasteiger charge is -2.10. The van der Waals surface area contributed by atoms with Crippen LogP contribution in [-0.2, 0) is 11.3 Å². The number of hydrogen-bond donors (Lipinski definition) is 1. The summed E-state index contributed by atoms with van der Waals surface area (Å²) < 4.78 is 17.9. The summed E-state index contributed by atoms with van der Waals surface area (Å²) in [5.74, 6) is 2.51. The van der Waals surface area contributed by atoms with Crippen molar-refractivity contribution < 1.29 is 19.0 Å². The quantitative estimate of drug-likeness (QED) is 0.285. The Labute approximate surface area is 190 Å². The molecule has 9 nitrogen and oxygen atoms in total. The molecule has 0 aliphatic rings. The largest absolute Gasteiger partial charge is 0.496 e. The summed E-state index contributed by atoms with van der Waals surface area (Å²) in [5, 5.41) is 13.2. The smallest absolute Gasteiger partial charge is 0.250 e. The predicted molar refractivity (Wildman–Crippen MR) is 124 cm³/mol. The minimum Gasteiger partial charge on any atom is -0.496 e. The molecule has 10 heteroatoms. The highest BCUT2D eigenvalue weighted by Gasteiger charge is 2.16. The molecule has 0 aliphatic heterocycles. The van der Waals surface area contributed by atoms with Crippen LogP contribution in [0.4, 0.5) is 0 Å². The molecule has 0 bridgehead atoms. The molecule has 2 aromatic carbocycles. The van der Waals surface area contributed by atoms with E-state index in [4.69, 9.17) is 14.2 Å². The van der Waals surface area contributed by atoms with Crippen LogP contribution in [0.5, 0.6) is 17.2 Å². The van der Waals surface area contributed by atoms with Crippen LogP contribution in [0.15, 0.2) is 52.7 Å². The van der Waals surface area contributed by atoms with E-state index in [0.717, 1.165) is 11.1 Å². The average molecular weight is 456 g/mol. The normalized spacial score (nSPS) is 10.9. The second-order valence-electron chi connectivity index (χ2n) is 6.44. The molecule has 0 saturated carbocycles. The van der Waals surface area contributed by atoms with Crippen molar-refractivity contribution in [2.24, 2.45) is 5.10 Å². The van der Waals surface area contributed by atoms with E-state index in [9.17, 15) is 4.79 Å². The molecule has 3 aromatic rings. The van der Waals surface area contributed by atoms with Crippen LogP contribution in [0.25, 0.3) is 11.4 Å². The molecule has 1 heterocycles. The molecule has 1 amide bonds. The number of methoxy groups -OCH3 is 3. The maximum absolute atomic E-state index is 12.2. The predicted octanol–water partition coefficient (Wildman–Crippen LogP) is 3.23. The lowest BCUT2D eigenvalue weighted by Crippen LogP contribution is -2.20. The average Bonchev–Trinajstić information content (AvgIpc) is 3.25. The standard InChI is InChI=1S/C22H25N5O4S/c1-5-27-21(15-10-11-18(30-3)19(12-15)31-4)25-26-22(27)32-14-20(28)24-23-13-16-8-6-7-9-17(16)29-2/h6-13H,5,14H2,1-4H3,(H,24,28)/b23-13+. The number of nitrogens with zero attached hydrogens (tertiary/aromatic N) is 4. The first kappa shape index (κ1) is 23.1. The summed E-state index contributed by atoms with van der Waals surface area (Å²) in [5.41, 5.74) is 4.14. The van der Waals surface area contributed by atoms with Crippen molar-refractivity contribution in [2.75, 3.05) is 27.1 Å². The summed E-state index contributed by atoms with van der Waals surface area (Å²) in [6, 6.07) is 13.0. The zero-order chi connectivity index (χ0) is 22.9. The fourth-order valence-corrected chi connectivity index (χ4v) is 3.77. The van der Waals surface area contributed by atoms with Crippen LogP contribution in [-0.4, -0.2) is 54.0 Å². The minimum atomic E-state index is -0.250. The number of para-hydroxylation sites is 1. The van der Waals surface area contributed by atoms with Crippen molar-refractivity contribution >= 4 is 23.9 Å². The monoisotopic (exact) mass is 455 g/mol. The zero-order valence-corrected chi connectivity index (χ0v) is 19.2. The molecule has 0 saturated heterocycles. The molecule has 0 unspecified atom stereocenters. The molecule has 1 aromatic heterocycles. The van der Waals surface area contributed by atoms with Crippen LogP contribution in [0.2, 0.25) is 0 Å². The summed E-state index contributed by atoms with van der Waals surface area (Å²) in [7, 11) is 4.76. The second-order valence-corrected chi connectivity index (χ2v) is 7.39. The number of hydrogen-bond acceptors (Lipinski definition) is 8. The molecule has 0 atom stereocenters. The van der Waals surface area contributed by atoms with E-state index < -0.39 is 0 Å². The van der Waals surface area contributed by atoms with Crippen LogP contribution in [0.1, 0.15) is 12.5 Å². The molecular formula is C22H25N5O4S. The van der Waals surface area contributed by atoms with E-state index >= 15 is 0 Å². The first-order valence-electron chi connectivity index (χ1n) is 9.84. The number of ether oxygens (including phenoxy) is 3. The van der Waals surface area contributed by atoms with E-state index in [-0.39, 0.29) is 11.7 Å². The third-order valence-corrected chi connectivity index (χ3v) is 5.51. The molecule has 3 rings (SSSR count). The van der Waals surface area contributed by atoms with Gasteiger partial charge in [0.05, 0.1) is 33.3 Å².